The van der Waals surface area contributed by atoms with Gasteiger partial charge in [-0.15, -0.1) is 11.3 Å². The monoisotopic (exact) mass is 346 g/mol. The first kappa shape index (κ1) is 16.7. The number of hydrogen-bond donors (Lipinski definition) is 0. The maximum Gasteiger partial charge on any atom is 0.263 e. The Morgan fingerprint density at radius 3 is 2.79 bits per heavy atom. The van der Waals surface area contributed by atoms with E-state index in [0.29, 0.717) is 12.4 Å². The molecular formula is C17H22N4O2S. The summed E-state index contributed by atoms with van der Waals surface area (Å²) in [5, 5.41) is 0. The Morgan fingerprint density at radius 2 is 2.04 bits per heavy atom. The summed E-state index contributed by atoms with van der Waals surface area (Å²) >= 11 is 1.60. The van der Waals surface area contributed by atoms with Crippen molar-refractivity contribution >= 4 is 23.1 Å². The van der Waals surface area contributed by atoms with Crippen LogP contribution in [0.25, 0.3) is 0 Å². The summed E-state index contributed by atoms with van der Waals surface area (Å²) in [6, 6.07) is 3.99. The van der Waals surface area contributed by atoms with Crippen molar-refractivity contribution in [2.24, 2.45) is 0 Å². The molecule has 1 fully saturated rings. The highest BCUT2D eigenvalue weighted by Crippen LogP contribution is 2.24. The molecule has 0 spiro atoms. The minimum Gasteiger partial charge on any atom is -0.478 e. The van der Waals surface area contributed by atoms with Crippen molar-refractivity contribution in [2.75, 3.05) is 38.2 Å². The van der Waals surface area contributed by atoms with Gasteiger partial charge in [0.25, 0.3) is 11.8 Å². The van der Waals surface area contributed by atoms with Gasteiger partial charge in [-0.05, 0) is 25.0 Å². The maximum atomic E-state index is 12.7. The van der Waals surface area contributed by atoms with Crippen LogP contribution in [0.5, 0.6) is 5.88 Å². The predicted octanol–water partition coefficient (Wildman–Crippen LogP) is 2.46. The van der Waals surface area contributed by atoms with Crippen molar-refractivity contribution in [3.8, 4) is 5.88 Å². The lowest BCUT2D eigenvalue weighted by molar-refractivity contribution is 0.0772. The van der Waals surface area contributed by atoms with Gasteiger partial charge in [-0.2, -0.15) is 0 Å². The fourth-order valence-corrected chi connectivity index (χ4v) is 3.77. The Bertz CT molecular complexity index is 703. The molecule has 2 aromatic heterocycles. The summed E-state index contributed by atoms with van der Waals surface area (Å²) in [5.74, 6) is 1.41. The van der Waals surface area contributed by atoms with Crippen molar-refractivity contribution in [3.05, 3.63) is 34.3 Å². The summed E-state index contributed by atoms with van der Waals surface area (Å²) in [4.78, 5) is 27.5. The average Bonchev–Trinajstić information content (AvgIpc) is 2.98. The lowest BCUT2D eigenvalue weighted by Crippen LogP contribution is -2.35. The second kappa shape index (κ2) is 7.61. The largest absolute Gasteiger partial charge is 0.478 e. The summed E-state index contributed by atoms with van der Waals surface area (Å²) in [7, 11) is 1.60. The van der Waals surface area contributed by atoms with Crippen LogP contribution < -0.4 is 9.64 Å². The van der Waals surface area contributed by atoms with Crippen LogP contribution in [0.4, 0.5) is 5.82 Å². The molecule has 0 atom stereocenters. The summed E-state index contributed by atoms with van der Waals surface area (Å²) in [5.41, 5.74) is 0. The first-order valence-electron chi connectivity index (χ1n) is 8.21. The van der Waals surface area contributed by atoms with Crippen LogP contribution in [0.2, 0.25) is 0 Å². The molecule has 1 amide bonds. The summed E-state index contributed by atoms with van der Waals surface area (Å²) in [6.07, 6.45) is 5.16. The van der Waals surface area contributed by atoms with Gasteiger partial charge < -0.3 is 14.5 Å². The molecule has 128 valence electrons. The minimum atomic E-state index is 0.132. The Labute approximate surface area is 146 Å². The molecule has 0 aliphatic carbocycles. The smallest absolute Gasteiger partial charge is 0.263 e. The Balaban J connectivity index is 1.69. The molecule has 2 aromatic rings. The Hall–Kier alpha value is -2.15. The van der Waals surface area contributed by atoms with Crippen LogP contribution in [0.15, 0.2) is 24.5 Å². The van der Waals surface area contributed by atoms with E-state index in [0.717, 1.165) is 43.2 Å². The number of carbonyl (C=O) groups is 1. The average molecular weight is 346 g/mol. The van der Waals surface area contributed by atoms with E-state index in [-0.39, 0.29) is 5.91 Å². The molecule has 7 heteroatoms. The van der Waals surface area contributed by atoms with Crippen LogP contribution in [0.3, 0.4) is 0 Å². The van der Waals surface area contributed by atoms with E-state index in [2.05, 4.69) is 21.8 Å². The lowest BCUT2D eigenvalue weighted by Gasteiger charge is -2.23. The van der Waals surface area contributed by atoms with E-state index in [1.807, 2.05) is 17.0 Å². The van der Waals surface area contributed by atoms with E-state index in [4.69, 9.17) is 4.74 Å². The fourth-order valence-electron chi connectivity index (χ4n) is 2.85. The normalized spacial score (nSPS) is 15.2. The highest BCUT2D eigenvalue weighted by molar-refractivity contribution is 7.14. The second-order valence-corrected chi connectivity index (χ2v) is 6.81. The number of aromatic nitrogens is 2. The van der Waals surface area contributed by atoms with Gasteiger partial charge in [0.2, 0.25) is 0 Å². The number of ether oxygens (including phenoxy) is 1. The zero-order chi connectivity index (χ0) is 16.9. The summed E-state index contributed by atoms with van der Waals surface area (Å²) in [6.45, 7) is 5.11. The molecule has 0 N–H and O–H groups in total. The standard InChI is InChI=1S/C17H22N4O2S/c1-3-13-5-6-14(24-13)17(22)21-10-4-9-20(11-12-21)15-16(23-2)19-8-7-18-15/h5-8H,3-4,9-12H2,1-2H3. The number of anilines is 1. The van der Waals surface area contributed by atoms with Crippen molar-refractivity contribution in [3.63, 3.8) is 0 Å². The third-order valence-corrected chi connectivity index (χ3v) is 5.36. The van der Waals surface area contributed by atoms with E-state index in [1.165, 1.54) is 4.88 Å². The van der Waals surface area contributed by atoms with Gasteiger partial charge in [0.05, 0.1) is 12.0 Å². The van der Waals surface area contributed by atoms with Crippen LogP contribution in [-0.2, 0) is 6.42 Å². The van der Waals surface area contributed by atoms with E-state index < -0.39 is 0 Å². The molecule has 0 radical (unpaired) electrons. The third-order valence-electron chi connectivity index (χ3n) is 4.14. The molecular weight excluding hydrogens is 324 g/mol. The molecule has 24 heavy (non-hydrogen) atoms. The van der Waals surface area contributed by atoms with Crippen molar-refractivity contribution in [1.82, 2.24) is 14.9 Å². The number of aryl methyl sites for hydroxylation is 1. The number of nitrogens with zero attached hydrogens (tertiary/aromatic N) is 4. The zero-order valence-corrected chi connectivity index (χ0v) is 14.9. The number of methoxy groups -OCH3 is 1. The van der Waals surface area contributed by atoms with Gasteiger partial charge in [0, 0.05) is 43.4 Å². The molecule has 1 saturated heterocycles. The molecule has 0 aromatic carbocycles. The number of hydrogen-bond acceptors (Lipinski definition) is 6. The fraction of sp³-hybridized carbons (Fsp3) is 0.471. The molecule has 3 rings (SSSR count). The zero-order valence-electron chi connectivity index (χ0n) is 14.1. The van der Waals surface area contributed by atoms with Crippen molar-refractivity contribution in [2.45, 2.75) is 19.8 Å². The quantitative estimate of drug-likeness (QED) is 0.851. The molecule has 0 saturated carbocycles. The Kier molecular flexibility index (Phi) is 5.30. The highest BCUT2D eigenvalue weighted by atomic mass is 32.1. The number of amides is 1. The van der Waals surface area contributed by atoms with Gasteiger partial charge in [0.1, 0.15) is 0 Å². The Morgan fingerprint density at radius 1 is 1.21 bits per heavy atom. The minimum absolute atomic E-state index is 0.132. The van der Waals surface area contributed by atoms with Crippen molar-refractivity contribution < 1.29 is 9.53 Å². The highest BCUT2D eigenvalue weighted by Gasteiger charge is 2.23. The molecule has 0 unspecified atom stereocenters. The van der Waals surface area contributed by atoms with Gasteiger partial charge >= 0.3 is 0 Å². The topological polar surface area (TPSA) is 58.6 Å². The maximum absolute atomic E-state index is 12.7. The van der Waals surface area contributed by atoms with Crippen LogP contribution in [0.1, 0.15) is 27.9 Å². The third kappa shape index (κ3) is 3.51. The number of carbonyl (C=O) groups excluding carboxylic acids is 1. The summed E-state index contributed by atoms with van der Waals surface area (Å²) < 4.78 is 5.30. The van der Waals surface area contributed by atoms with Crippen LogP contribution in [0, 0.1) is 0 Å². The van der Waals surface area contributed by atoms with Crippen LogP contribution in [-0.4, -0.2) is 54.1 Å². The predicted molar refractivity (Wildman–Crippen MR) is 95.0 cm³/mol. The molecule has 3 heterocycles. The second-order valence-electron chi connectivity index (χ2n) is 5.64. The SMILES string of the molecule is CCc1ccc(C(=O)N2CCCN(c3nccnc3OC)CC2)s1. The van der Waals surface area contributed by atoms with Crippen LogP contribution >= 0.6 is 11.3 Å². The van der Waals surface area contributed by atoms with E-state index in [9.17, 15) is 4.79 Å². The van der Waals surface area contributed by atoms with Gasteiger partial charge in [-0.3, -0.25) is 4.79 Å². The first-order valence-corrected chi connectivity index (χ1v) is 9.02. The molecule has 0 bridgehead atoms. The first-order chi connectivity index (χ1) is 11.7. The number of rotatable bonds is 4. The van der Waals surface area contributed by atoms with Gasteiger partial charge in [-0.1, -0.05) is 6.92 Å². The van der Waals surface area contributed by atoms with Gasteiger partial charge in [-0.25, -0.2) is 9.97 Å². The number of thiophene rings is 1. The van der Waals surface area contributed by atoms with E-state index >= 15 is 0 Å². The van der Waals surface area contributed by atoms with Crippen molar-refractivity contribution in [1.29, 1.82) is 0 Å². The molecule has 1 aliphatic heterocycles. The molecule has 6 nitrogen and oxygen atoms in total. The lowest BCUT2D eigenvalue weighted by atomic mass is 10.3. The van der Waals surface area contributed by atoms with Gasteiger partial charge in [0.15, 0.2) is 5.82 Å². The van der Waals surface area contributed by atoms with E-state index in [1.54, 1.807) is 30.8 Å². The molecule has 1 aliphatic rings.